The Hall–Kier alpha value is -3.00. The molecule has 8 nitrogen and oxygen atoms in total. The molecule has 0 atom stereocenters. The van der Waals surface area contributed by atoms with Gasteiger partial charge in [0.15, 0.2) is 0 Å². The zero-order valence-corrected chi connectivity index (χ0v) is 16.2. The molecule has 0 aliphatic heterocycles. The van der Waals surface area contributed by atoms with Gasteiger partial charge in [-0.15, -0.1) is 0 Å². The van der Waals surface area contributed by atoms with E-state index in [1.807, 2.05) is 33.2 Å². The van der Waals surface area contributed by atoms with Crippen molar-refractivity contribution in [1.29, 1.82) is 0 Å². The lowest BCUT2D eigenvalue weighted by Gasteiger charge is -2.11. The van der Waals surface area contributed by atoms with Crippen molar-refractivity contribution >= 4 is 29.1 Å². The molecule has 2 amide bonds. The van der Waals surface area contributed by atoms with Crippen molar-refractivity contribution in [2.45, 2.75) is 20.3 Å². The molecule has 0 bridgehead atoms. The predicted molar refractivity (Wildman–Crippen MR) is 106 cm³/mol. The van der Waals surface area contributed by atoms with E-state index >= 15 is 0 Å². The fourth-order valence-corrected chi connectivity index (χ4v) is 2.44. The zero-order valence-electron chi connectivity index (χ0n) is 16.2. The Morgan fingerprint density at radius 3 is 2.56 bits per heavy atom. The average Bonchev–Trinajstić information content (AvgIpc) is 2.57. The highest BCUT2D eigenvalue weighted by Gasteiger charge is 2.11. The summed E-state index contributed by atoms with van der Waals surface area (Å²) in [7, 11) is 3.99. The summed E-state index contributed by atoms with van der Waals surface area (Å²) in [6.45, 7) is 4.75. The van der Waals surface area contributed by atoms with E-state index in [0.29, 0.717) is 35.3 Å². The van der Waals surface area contributed by atoms with E-state index in [2.05, 4.69) is 30.8 Å². The largest absolute Gasteiger partial charge is 0.351 e. The first-order valence-corrected chi connectivity index (χ1v) is 8.77. The highest BCUT2D eigenvalue weighted by molar-refractivity contribution is 5.92. The van der Waals surface area contributed by atoms with Crippen LogP contribution in [-0.4, -0.2) is 53.9 Å². The van der Waals surface area contributed by atoms with E-state index in [1.54, 1.807) is 18.2 Å². The van der Waals surface area contributed by atoms with Gasteiger partial charge >= 0.3 is 0 Å². The molecule has 0 spiro atoms. The molecule has 3 N–H and O–H groups in total. The van der Waals surface area contributed by atoms with Crippen molar-refractivity contribution in [3.8, 4) is 0 Å². The molecule has 0 radical (unpaired) electrons. The third kappa shape index (κ3) is 7.02. The van der Waals surface area contributed by atoms with Gasteiger partial charge in [-0.1, -0.05) is 6.07 Å². The molecule has 144 valence electrons. The van der Waals surface area contributed by atoms with Crippen molar-refractivity contribution in [3.05, 3.63) is 41.7 Å². The molecule has 1 heterocycles. The van der Waals surface area contributed by atoms with Crippen LogP contribution in [0.25, 0.3) is 0 Å². The number of nitrogens with one attached hydrogen (secondary N) is 3. The number of aromatic nitrogens is 2. The van der Waals surface area contributed by atoms with E-state index in [-0.39, 0.29) is 11.8 Å². The maximum Gasteiger partial charge on any atom is 0.270 e. The molecule has 1 aromatic carbocycles. The number of rotatable bonds is 8. The maximum atomic E-state index is 12.3. The van der Waals surface area contributed by atoms with Gasteiger partial charge in [0.2, 0.25) is 11.9 Å². The second kappa shape index (κ2) is 9.63. The Balaban J connectivity index is 2.06. The lowest BCUT2D eigenvalue weighted by molar-refractivity contribution is -0.114. The van der Waals surface area contributed by atoms with Gasteiger partial charge in [-0.2, -0.15) is 0 Å². The van der Waals surface area contributed by atoms with Gasteiger partial charge in [-0.05, 0) is 58.3 Å². The first kappa shape index (κ1) is 20.3. The van der Waals surface area contributed by atoms with Crippen LogP contribution in [0.15, 0.2) is 30.3 Å². The molecular weight excluding hydrogens is 344 g/mol. The molecule has 0 aliphatic carbocycles. The SMILES string of the molecule is CC(=O)Nc1cccc(Nc2nc(C)cc(C(=O)NCCCN(C)C)n2)c1. The second-order valence-electron chi connectivity index (χ2n) is 6.52. The van der Waals surface area contributed by atoms with Gasteiger partial charge in [0.05, 0.1) is 0 Å². The minimum absolute atomic E-state index is 0.146. The lowest BCUT2D eigenvalue weighted by Crippen LogP contribution is -2.28. The Morgan fingerprint density at radius 1 is 1.11 bits per heavy atom. The molecule has 0 saturated carbocycles. The van der Waals surface area contributed by atoms with Crippen molar-refractivity contribution in [2.75, 3.05) is 37.8 Å². The van der Waals surface area contributed by atoms with Gasteiger partial charge in [-0.3, -0.25) is 9.59 Å². The summed E-state index contributed by atoms with van der Waals surface area (Å²) in [6.07, 6.45) is 0.865. The fraction of sp³-hybridized carbons (Fsp3) is 0.368. The van der Waals surface area contributed by atoms with Crippen LogP contribution in [-0.2, 0) is 4.79 Å². The first-order chi connectivity index (χ1) is 12.8. The number of anilines is 3. The summed E-state index contributed by atoms with van der Waals surface area (Å²) >= 11 is 0. The van der Waals surface area contributed by atoms with E-state index in [4.69, 9.17) is 0 Å². The molecule has 1 aromatic heterocycles. The van der Waals surface area contributed by atoms with E-state index in [0.717, 1.165) is 13.0 Å². The minimum Gasteiger partial charge on any atom is -0.351 e. The van der Waals surface area contributed by atoms with Gasteiger partial charge in [0, 0.05) is 30.5 Å². The number of benzene rings is 1. The standard InChI is InChI=1S/C19H26N6O2/c1-13-11-17(18(27)20-9-6-10-25(3)4)24-19(21-13)23-16-8-5-7-15(12-16)22-14(2)26/h5,7-8,11-12H,6,9-10H2,1-4H3,(H,20,27)(H,22,26)(H,21,23,24). The average molecular weight is 370 g/mol. The molecule has 0 saturated heterocycles. The summed E-state index contributed by atoms with van der Waals surface area (Å²) in [5.74, 6) is -0.0464. The van der Waals surface area contributed by atoms with Crippen LogP contribution in [0, 0.1) is 6.92 Å². The van der Waals surface area contributed by atoms with Crippen molar-refractivity contribution in [2.24, 2.45) is 0 Å². The number of aryl methyl sites for hydroxylation is 1. The quantitative estimate of drug-likeness (QED) is 0.616. The van der Waals surface area contributed by atoms with Gasteiger partial charge in [-0.25, -0.2) is 9.97 Å². The fourth-order valence-electron chi connectivity index (χ4n) is 2.44. The molecule has 0 fully saturated rings. The smallest absolute Gasteiger partial charge is 0.270 e. The highest BCUT2D eigenvalue weighted by atomic mass is 16.2. The summed E-state index contributed by atoms with van der Waals surface area (Å²) < 4.78 is 0. The molecule has 0 unspecified atom stereocenters. The Labute approximate surface area is 159 Å². The Bertz CT molecular complexity index is 807. The topological polar surface area (TPSA) is 99.2 Å². The van der Waals surface area contributed by atoms with Crippen LogP contribution in [0.4, 0.5) is 17.3 Å². The Morgan fingerprint density at radius 2 is 1.85 bits per heavy atom. The second-order valence-corrected chi connectivity index (χ2v) is 6.52. The van der Waals surface area contributed by atoms with Crippen LogP contribution in [0.1, 0.15) is 29.5 Å². The zero-order chi connectivity index (χ0) is 19.8. The summed E-state index contributed by atoms with van der Waals surface area (Å²) in [6, 6.07) is 8.85. The summed E-state index contributed by atoms with van der Waals surface area (Å²) in [5, 5.41) is 8.67. The van der Waals surface area contributed by atoms with Crippen LogP contribution >= 0.6 is 0 Å². The van der Waals surface area contributed by atoms with Crippen molar-refractivity contribution in [1.82, 2.24) is 20.2 Å². The highest BCUT2D eigenvalue weighted by Crippen LogP contribution is 2.18. The van der Waals surface area contributed by atoms with Crippen molar-refractivity contribution < 1.29 is 9.59 Å². The minimum atomic E-state index is -0.227. The number of amides is 2. The number of nitrogens with zero attached hydrogens (tertiary/aromatic N) is 3. The number of carbonyl (C=O) groups excluding carboxylic acids is 2. The third-order valence-electron chi connectivity index (χ3n) is 3.59. The molecule has 2 aromatic rings. The molecule has 0 aliphatic rings. The summed E-state index contributed by atoms with van der Waals surface area (Å²) in [4.78, 5) is 34.2. The Kier molecular flexibility index (Phi) is 7.25. The number of hydrogen-bond acceptors (Lipinski definition) is 6. The number of hydrogen-bond donors (Lipinski definition) is 3. The first-order valence-electron chi connectivity index (χ1n) is 8.77. The molecule has 8 heteroatoms. The lowest BCUT2D eigenvalue weighted by atomic mass is 10.2. The molecule has 27 heavy (non-hydrogen) atoms. The van der Waals surface area contributed by atoms with Gasteiger partial charge in [0.25, 0.3) is 5.91 Å². The van der Waals surface area contributed by atoms with Crippen LogP contribution in [0.5, 0.6) is 0 Å². The van der Waals surface area contributed by atoms with E-state index in [9.17, 15) is 9.59 Å². The van der Waals surface area contributed by atoms with Gasteiger partial charge < -0.3 is 20.9 Å². The van der Waals surface area contributed by atoms with E-state index < -0.39 is 0 Å². The molecule has 2 rings (SSSR count). The van der Waals surface area contributed by atoms with E-state index in [1.165, 1.54) is 6.92 Å². The van der Waals surface area contributed by atoms with Crippen LogP contribution in [0.3, 0.4) is 0 Å². The number of carbonyl (C=O) groups is 2. The van der Waals surface area contributed by atoms with Gasteiger partial charge in [0.1, 0.15) is 5.69 Å². The molecular formula is C19H26N6O2. The monoisotopic (exact) mass is 370 g/mol. The summed E-state index contributed by atoms with van der Waals surface area (Å²) in [5.41, 5.74) is 2.38. The maximum absolute atomic E-state index is 12.3. The van der Waals surface area contributed by atoms with Crippen molar-refractivity contribution in [3.63, 3.8) is 0 Å². The normalized spacial score (nSPS) is 10.6. The predicted octanol–water partition coefficient (Wildman–Crippen LogP) is 2.17. The third-order valence-corrected chi connectivity index (χ3v) is 3.59. The van der Waals surface area contributed by atoms with Crippen LogP contribution < -0.4 is 16.0 Å². The van der Waals surface area contributed by atoms with Crippen LogP contribution in [0.2, 0.25) is 0 Å².